The van der Waals surface area contributed by atoms with Gasteiger partial charge in [-0.05, 0) is 28.1 Å². The Bertz CT molecular complexity index is 965. The Morgan fingerprint density at radius 1 is 1.14 bits per heavy atom. The lowest BCUT2D eigenvalue weighted by atomic mass is 10.1. The Hall–Kier alpha value is -2.59. The van der Waals surface area contributed by atoms with Gasteiger partial charge in [-0.3, -0.25) is 4.79 Å². The molecule has 0 radical (unpaired) electrons. The lowest BCUT2D eigenvalue weighted by molar-refractivity contribution is -0.137. The van der Waals surface area contributed by atoms with Crippen LogP contribution in [-0.4, -0.2) is 31.9 Å². The lowest BCUT2D eigenvalue weighted by Crippen LogP contribution is -2.19. The Kier molecular flexibility index (Phi) is 6.20. The molecule has 0 fully saturated rings. The van der Waals surface area contributed by atoms with Gasteiger partial charge in [0.05, 0.1) is 28.6 Å². The number of thioether (sulfide) groups is 1. The van der Waals surface area contributed by atoms with E-state index < -0.39 is 23.3 Å². The zero-order valence-electron chi connectivity index (χ0n) is 14.2. The quantitative estimate of drug-likeness (QED) is 0.599. The monoisotopic (exact) mass is 427 g/mol. The molecule has 0 bridgehead atoms. The molecular formula is C17H13ClF3N5OS. The fraction of sp³-hybridized carbons (Fsp3) is 0.176. The topological polar surface area (TPSA) is 72.7 Å². The van der Waals surface area contributed by atoms with Crippen LogP contribution in [0, 0.1) is 0 Å². The smallest absolute Gasteiger partial charge is 0.324 e. The van der Waals surface area contributed by atoms with Crippen molar-refractivity contribution >= 4 is 35.0 Å². The van der Waals surface area contributed by atoms with E-state index in [2.05, 4.69) is 20.8 Å². The number of benzene rings is 2. The molecule has 0 unspecified atom stereocenters. The van der Waals surface area contributed by atoms with E-state index in [0.29, 0.717) is 11.7 Å². The van der Waals surface area contributed by atoms with Gasteiger partial charge in [-0.25, -0.2) is 4.68 Å². The van der Waals surface area contributed by atoms with Crippen molar-refractivity contribution in [2.24, 2.45) is 0 Å². The summed E-state index contributed by atoms with van der Waals surface area (Å²) in [6, 6.07) is 12.7. The summed E-state index contributed by atoms with van der Waals surface area (Å²) in [7, 11) is 0. The number of para-hydroxylation sites is 1. The number of anilines is 1. The summed E-state index contributed by atoms with van der Waals surface area (Å²) < 4.78 is 40.8. The molecule has 1 aromatic heterocycles. The molecule has 3 aromatic rings. The number of halogens is 4. The molecule has 3 rings (SSSR count). The maximum absolute atomic E-state index is 13.1. The van der Waals surface area contributed by atoms with Gasteiger partial charge in [0.2, 0.25) is 11.1 Å². The van der Waals surface area contributed by atoms with Crippen molar-refractivity contribution in [3.05, 3.63) is 64.7 Å². The summed E-state index contributed by atoms with van der Waals surface area (Å²) in [5, 5.41) is 13.7. The molecule has 146 valence electrons. The van der Waals surface area contributed by atoms with E-state index in [4.69, 9.17) is 11.6 Å². The van der Waals surface area contributed by atoms with Gasteiger partial charge in [0, 0.05) is 0 Å². The highest BCUT2D eigenvalue weighted by Crippen LogP contribution is 2.38. The fourth-order valence-corrected chi connectivity index (χ4v) is 3.25. The maximum atomic E-state index is 13.1. The van der Waals surface area contributed by atoms with Crippen molar-refractivity contribution in [3.63, 3.8) is 0 Å². The van der Waals surface area contributed by atoms with Gasteiger partial charge in [-0.2, -0.15) is 13.2 Å². The number of carbonyl (C=O) groups excluding carboxylic acids is 1. The summed E-state index contributed by atoms with van der Waals surface area (Å²) in [6.07, 6.45) is -4.64. The highest BCUT2D eigenvalue weighted by molar-refractivity contribution is 7.99. The molecule has 1 heterocycles. The van der Waals surface area contributed by atoms with Crippen molar-refractivity contribution in [2.45, 2.75) is 17.9 Å². The third-order valence-electron chi connectivity index (χ3n) is 3.59. The van der Waals surface area contributed by atoms with E-state index in [0.717, 1.165) is 23.4 Å². The van der Waals surface area contributed by atoms with Crippen LogP contribution in [0.5, 0.6) is 0 Å². The minimum absolute atomic E-state index is 0.183. The maximum Gasteiger partial charge on any atom is 0.418 e. The molecule has 0 atom stereocenters. The molecular weight excluding hydrogens is 415 g/mol. The van der Waals surface area contributed by atoms with Gasteiger partial charge in [0.1, 0.15) is 0 Å². The van der Waals surface area contributed by atoms with Gasteiger partial charge in [0.25, 0.3) is 0 Å². The number of carbonyl (C=O) groups is 1. The van der Waals surface area contributed by atoms with E-state index in [1.165, 1.54) is 16.8 Å². The average molecular weight is 428 g/mol. The molecule has 1 N–H and O–H groups in total. The summed E-state index contributed by atoms with van der Waals surface area (Å²) in [5.41, 5.74) is -0.509. The van der Waals surface area contributed by atoms with Crippen LogP contribution in [0.15, 0.2) is 53.7 Å². The largest absolute Gasteiger partial charge is 0.418 e. The first-order valence-electron chi connectivity index (χ1n) is 7.93. The van der Waals surface area contributed by atoms with Crippen molar-refractivity contribution < 1.29 is 18.0 Å². The van der Waals surface area contributed by atoms with Crippen LogP contribution >= 0.6 is 23.4 Å². The van der Waals surface area contributed by atoms with Crippen molar-refractivity contribution in [2.75, 3.05) is 11.1 Å². The highest BCUT2D eigenvalue weighted by atomic mass is 35.5. The van der Waals surface area contributed by atoms with E-state index >= 15 is 0 Å². The van der Waals surface area contributed by atoms with Gasteiger partial charge in [-0.15, -0.1) is 5.10 Å². The standard InChI is InChI=1S/C17H13ClF3N5OS/c18-13-8-4-7-12(17(19,20)21)15(13)22-14(27)10-28-16-23-24-25-26(16)9-11-5-2-1-3-6-11/h1-8H,9-10H2,(H,22,27). The van der Waals surface area contributed by atoms with Crippen LogP contribution in [-0.2, 0) is 17.5 Å². The molecule has 0 spiro atoms. The SMILES string of the molecule is O=C(CSc1nnnn1Cc1ccccc1)Nc1c(Cl)cccc1C(F)(F)F. The minimum atomic E-state index is -4.64. The van der Waals surface area contributed by atoms with E-state index in [1.807, 2.05) is 30.3 Å². The second-order valence-corrected chi connectivity index (χ2v) is 6.95. The normalized spacial score (nSPS) is 11.4. The van der Waals surface area contributed by atoms with E-state index in [9.17, 15) is 18.0 Å². The predicted molar refractivity (Wildman–Crippen MR) is 99.2 cm³/mol. The number of hydrogen-bond acceptors (Lipinski definition) is 5. The Morgan fingerprint density at radius 2 is 1.89 bits per heavy atom. The molecule has 6 nitrogen and oxygen atoms in total. The number of tetrazole rings is 1. The van der Waals surface area contributed by atoms with E-state index in [1.54, 1.807) is 0 Å². The number of aromatic nitrogens is 4. The van der Waals surface area contributed by atoms with Crippen LogP contribution in [0.4, 0.5) is 18.9 Å². The second kappa shape index (κ2) is 8.61. The zero-order valence-corrected chi connectivity index (χ0v) is 15.7. The third-order valence-corrected chi connectivity index (χ3v) is 4.86. The first kappa shape index (κ1) is 20.2. The molecule has 0 saturated heterocycles. The third kappa shape index (κ3) is 5.02. The Labute approximate surface area is 167 Å². The summed E-state index contributed by atoms with van der Waals surface area (Å²) in [5.74, 6) is -0.838. The average Bonchev–Trinajstić information content (AvgIpc) is 3.08. The highest BCUT2D eigenvalue weighted by Gasteiger charge is 2.34. The Balaban J connectivity index is 1.66. The molecule has 0 saturated carbocycles. The van der Waals surface area contributed by atoms with Crippen LogP contribution < -0.4 is 5.32 Å². The van der Waals surface area contributed by atoms with Crippen molar-refractivity contribution in [3.8, 4) is 0 Å². The predicted octanol–water partition coefficient (Wildman–Crippen LogP) is 4.12. The van der Waals surface area contributed by atoms with Crippen LogP contribution in [0.3, 0.4) is 0 Å². The molecule has 0 aliphatic heterocycles. The van der Waals surface area contributed by atoms with Crippen LogP contribution in [0.2, 0.25) is 5.02 Å². The number of amides is 1. The molecule has 2 aromatic carbocycles. The van der Waals surface area contributed by atoms with Crippen molar-refractivity contribution in [1.82, 2.24) is 20.2 Å². The number of nitrogens with one attached hydrogen (secondary N) is 1. The van der Waals surface area contributed by atoms with Gasteiger partial charge in [0.15, 0.2) is 0 Å². The van der Waals surface area contributed by atoms with Crippen molar-refractivity contribution in [1.29, 1.82) is 0 Å². The molecule has 0 aliphatic rings. The first-order chi connectivity index (χ1) is 13.3. The fourth-order valence-electron chi connectivity index (χ4n) is 2.35. The second-order valence-electron chi connectivity index (χ2n) is 5.60. The number of nitrogens with zero attached hydrogens (tertiary/aromatic N) is 4. The van der Waals surface area contributed by atoms with E-state index in [-0.39, 0.29) is 10.8 Å². The molecule has 11 heteroatoms. The zero-order chi connectivity index (χ0) is 20.1. The minimum Gasteiger partial charge on any atom is -0.324 e. The number of alkyl halides is 3. The number of rotatable bonds is 6. The lowest BCUT2D eigenvalue weighted by Gasteiger charge is -2.15. The summed E-state index contributed by atoms with van der Waals surface area (Å²) >= 11 is 6.85. The van der Waals surface area contributed by atoms with Crippen LogP contribution in [0.25, 0.3) is 0 Å². The van der Waals surface area contributed by atoms with Crippen LogP contribution in [0.1, 0.15) is 11.1 Å². The van der Waals surface area contributed by atoms with Gasteiger partial charge >= 0.3 is 6.18 Å². The Morgan fingerprint density at radius 3 is 2.61 bits per heavy atom. The summed E-state index contributed by atoms with van der Waals surface area (Å²) in [6.45, 7) is 0.403. The first-order valence-corrected chi connectivity index (χ1v) is 9.29. The molecule has 0 aliphatic carbocycles. The summed E-state index contributed by atoms with van der Waals surface area (Å²) in [4.78, 5) is 12.2. The number of hydrogen-bond donors (Lipinski definition) is 1. The van der Waals surface area contributed by atoms with Gasteiger partial charge in [-0.1, -0.05) is 59.8 Å². The molecule has 28 heavy (non-hydrogen) atoms. The molecule has 1 amide bonds. The van der Waals surface area contributed by atoms with Gasteiger partial charge < -0.3 is 5.32 Å².